The van der Waals surface area contributed by atoms with Crippen LogP contribution in [0.1, 0.15) is 33.7 Å². The van der Waals surface area contributed by atoms with Crippen molar-refractivity contribution in [2.24, 2.45) is 5.92 Å². The second kappa shape index (κ2) is 9.83. The molecule has 2 heterocycles. The highest BCUT2D eigenvalue weighted by molar-refractivity contribution is 5.59. The smallest absolute Gasteiger partial charge is 0.177 e. The first-order valence-corrected chi connectivity index (χ1v) is 13.0. The van der Waals surface area contributed by atoms with Crippen molar-refractivity contribution in [3.63, 3.8) is 0 Å². The van der Waals surface area contributed by atoms with Gasteiger partial charge in [-0.15, -0.1) is 0 Å². The highest BCUT2D eigenvalue weighted by atomic mass is 16.5. The lowest BCUT2D eigenvalue weighted by Gasteiger charge is -2.41. The van der Waals surface area contributed by atoms with Crippen LogP contribution in [0.25, 0.3) is 0 Å². The molecule has 196 valence electrons. The summed E-state index contributed by atoms with van der Waals surface area (Å²) in [5.41, 5.74) is 0.275. The summed E-state index contributed by atoms with van der Waals surface area (Å²) in [6.45, 7) is 1.03. The molecule has 1 saturated carbocycles. The molecule has 1 unspecified atom stereocenters. The SMILES string of the molecule is COc1cncc2c1[C@]1(O)[C@H](O)[C@H](CNCc3ccccc3)C(c3ccccc3)[C@]1(c1ccc(C#N)cc1)O2. The topological polar surface area (TPSA) is 108 Å². The number of pyridine rings is 1. The van der Waals surface area contributed by atoms with Crippen molar-refractivity contribution in [1.29, 1.82) is 5.26 Å². The number of hydrogen-bond acceptors (Lipinski definition) is 7. The molecule has 1 fully saturated rings. The van der Waals surface area contributed by atoms with Crippen LogP contribution in [0.3, 0.4) is 0 Å². The average Bonchev–Trinajstić information content (AvgIpc) is 3.36. The van der Waals surface area contributed by atoms with Gasteiger partial charge in [0.1, 0.15) is 11.5 Å². The van der Waals surface area contributed by atoms with E-state index in [4.69, 9.17) is 9.47 Å². The molecular weight excluding hydrogens is 490 g/mol. The van der Waals surface area contributed by atoms with Crippen molar-refractivity contribution >= 4 is 0 Å². The largest absolute Gasteiger partial charge is 0.495 e. The van der Waals surface area contributed by atoms with Gasteiger partial charge in [-0.1, -0.05) is 72.8 Å². The van der Waals surface area contributed by atoms with Crippen molar-refractivity contribution in [2.45, 2.75) is 29.8 Å². The van der Waals surface area contributed by atoms with Crippen LogP contribution >= 0.6 is 0 Å². The summed E-state index contributed by atoms with van der Waals surface area (Å²) in [5, 5.41) is 37.9. The van der Waals surface area contributed by atoms with Crippen LogP contribution in [-0.4, -0.2) is 35.0 Å². The van der Waals surface area contributed by atoms with Gasteiger partial charge in [0.15, 0.2) is 11.2 Å². The van der Waals surface area contributed by atoms with E-state index in [-0.39, 0.29) is 0 Å². The highest BCUT2D eigenvalue weighted by Crippen LogP contribution is 2.69. The number of aromatic nitrogens is 1. The van der Waals surface area contributed by atoms with Crippen LogP contribution in [-0.2, 0) is 17.7 Å². The van der Waals surface area contributed by atoms with Crippen LogP contribution in [0.4, 0.5) is 0 Å². The third-order valence-corrected chi connectivity index (χ3v) is 8.17. The fourth-order valence-corrected chi connectivity index (χ4v) is 6.53. The molecule has 1 aliphatic heterocycles. The first-order chi connectivity index (χ1) is 19.0. The van der Waals surface area contributed by atoms with Gasteiger partial charge in [-0.25, -0.2) is 0 Å². The summed E-state index contributed by atoms with van der Waals surface area (Å²) < 4.78 is 12.4. The minimum absolute atomic E-state index is 0.342. The molecule has 5 atom stereocenters. The van der Waals surface area contributed by atoms with Gasteiger partial charge in [-0.2, -0.15) is 5.26 Å². The Kier molecular flexibility index (Phi) is 6.32. The molecule has 7 nitrogen and oxygen atoms in total. The second-order valence-electron chi connectivity index (χ2n) is 10.1. The monoisotopic (exact) mass is 519 g/mol. The van der Waals surface area contributed by atoms with Crippen molar-refractivity contribution < 1.29 is 19.7 Å². The zero-order valence-electron chi connectivity index (χ0n) is 21.5. The van der Waals surface area contributed by atoms with Crippen LogP contribution in [0, 0.1) is 17.2 Å². The molecule has 2 aliphatic rings. The summed E-state index contributed by atoms with van der Waals surface area (Å²) in [7, 11) is 1.51. The molecule has 1 aromatic heterocycles. The fraction of sp³-hybridized carbons (Fsp3) is 0.250. The Balaban J connectivity index is 1.54. The number of ether oxygens (including phenoxy) is 2. The van der Waals surface area contributed by atoms with Gasteiger partial charge in [0.25, 0.3) is 0 Å². The fourth-order valence-electron chi connectivity index (χ4n) is 6.53. The lowest BCUT2D eigenvalue weighted by Crippen LogP contribution is -2.52. The van der Waals surface area contributed by atoms with E-state index in [0.29, 0.717) is 41.3 Å². The van der Waals surface area contributed by atoms with E-state index in [1.54, 1.807) is 30.5 Å². The van der Waals surface area contributed by atoms with Crippen molar-refractivity contribution in [2.75, 3.05) is 13.7 Å². The standard InChI is InChI=1S/C32H29N3O4/c1-38-26-19-35-20-27-29(26)31(37)30(36)25(18-34-17-22-8-4-2-5-9-22)28(23-10-6-3-7-11-23)32(31,39-27)24-14-12-21(16-33)13-15-24/h2-15,19-20,25,28,30,34,36-37H,17-18H2,1H3/t25-,28?,30-,31+,32+/m1/s1. The van der Waals surface area contributed by atoms with Gasteiger partial charge < -0.3 is 25.0 Å². The van der Waals surface area contributed by atoms with E-state index in [9.17, 15) is 15.5 Å². The number of benzene rings is 3. The minimum Gasteiger partial charge on any atom is -0.495 e. The maximum absolute atomic E-state index is 12.8. The molecule has 0 bridgehead atoms. The van der Waals surface area contributed by atoms with Gasteiger partial charge >= 0.3 is 0 Å². The zero-order chi connectivity index (χ0) is 27.0. The normalized spacial score (nSPS) is 26.8. The average molecular weight is 520 g/mol. The highest BCUT2D eigenvalue weighted by Gasteiger charge is 2.76. The van der Waals surface area contributed by atoms with Gasteiger partial charge in [0.05, 0.1) is 42.8 Å². The number of methoxy groups -OCH3 is 1. The van der Waals surface area contributed by atoms with E-state index in [1.165, 1.54) is 13.3 Å². The first-order valence-electron chi connectivity index (χ1n) is 13.0. The van der Waals surface area contributed by atoms with E-state index >= 15 is 0 Å². The maximum atomic E-state index is 12.8. The molecule has 0 spiro atoms. The van der Waals surface area contributed by atoms with E-state index < -0.39 is 29.1 Å². The second-order valence-corrected chi connectivity index (χ2v) is 10.1. The number of rotatable bonds is 7. The van der Waals surface area contributed by atoms with E-state index in [0.717, 1.165) is 11.1 Å². The molecular formula is C32H29N3O4. The number of aliphatic hydroxyl groups excluding tert-OH is 1. The summed E-state index contributed by atoms with van der Waals surface area (Å²) in [4.78, 5) is 4.26. The Labute approximate surface area is 227 Å². The summed E-state index contributed by atoms with van der Waals surface area (Å²) in [6, 6.07) is 29.1. The molecule has 4 aromatic rings. The van der Waals surface area contributed by atoms with E-state index in [1.807, 2.05) is 60.7 Å². The lowest BCUT2D eigenvalue weighted by molar-refractivity contribution is -0.152. The Bertz CT molecular complexity index is 1510. The number of fused-ring (bicyclic) bond motifs is 3. The van der Waals surface area contributed by atoms with Gasteiger partial charge in [0.2, 0.25) is 0 Å². The van der Waals surface area contributed by atoms with Gasteiger partial charge in [-0.05, 0) is 28.8 Å². The third kappa shape index (κ3) is 3.72. The molecule has 0 radical (unpaired) electrons. The molecule has 6 rings (SSSR count). The predicted molar refractivity (Wildman–Crippen MR) is 145 cm³/mol. The van der Waals surface area contributed by atoms with Crippen LogP contribution < -0.4 is 14.8 Å². The lowest BCUT2D eigenvalue weighted by atomic mass is 9.70. The molecule has 7 heteroatoms. The number of nitrogens with one attached hydrogen (secondary N) is 1. The first kappa shape index (κ1) is 25.1. The zero-order valence-corrected chi connectivity index (χ0v) is 21.5. The van der Waals surface area contributed by atoms with Crippen molar-refractivity contribution in [1.82, 2.24) is 10.3 Å². The maximum Gasteiger partial charge on any atom is 0.177 e. The Morgan fingerprint density at radius 3 is 2.36 bits per heavy atom. The molecule has 39 heavy (non-hydrogen) atoms. The predicted octanol–water partition coefficient (Wildman–Crippen LogP) is 4.00. The van der Waals surface area contributed by atoms with Gasteiger partial charge in [-0.3, -0.25) is 4.98 Å². The minimum atomic E-state index is -1.87. The molecule has 3 aromatic carbocycles. The Hall–Kier alpha value is -4.22. The summed E-state index contributed by atoms with van der Waals surface area (Å²) in [6.07, 6.45) is 1.86. The Morgan fingerprint density at radius 2 is 1.69 bits per heavy atom. The molecule has 0 saturated heterocycles. The molecule has 3 N–H and O–H groups in total. The van der Waals surface area contributed by atoms with E-state index in [2.05, 4.69) is 16.4 Å². The Morgan fingerprint density at radius 1 is 1.00 bits per heavy atom. The van der Waals surface area contributed by atoms with Crippen LogP contribution in [0.5, 0.6) is 11.5 Å². The number of nitrogens with zero attached hydrogens (tertiary/aromatic N) is 2. The molecule has 1 aliphatic carbocycles. The third-order valence-electron chi connectivity index (χ3n) is 8.17. The van der Waals surface area contributed by atoms with Crippen LogP contribution in [0.2, 0.25) is 0 Å². The van der Waals surface area contributed by atoms with Crippen molar-refractivity contribution in [3.8, 4) is 17.6 Å². The quantitative estimate of drug-likeness (QED) is 0.339. The number of hydrogen-bond donors (Lipinski definition) is 3. The van der Waals surface area contributed by atoms with Crippen molar-refractivity contribution in [3.05, 3.63) is 125 Å². The van der Waals surface area contributed by atoms with Crippen LogP contribution in [0.15, 0.2) is 97.3 Å². The summed E-state index contributed by atoms with van der Waals surface area (Å²) >= 11 is 0. The number of aliphatic hydroxyl groups is 2. The number of nitriles is 1. The molecule has 0 amide bonds. The summed E-state index contributed by atoms with van der Waals surface area (Å²) in [5.74, 6) is -0.207. The van der Waals surface area contributed by atoms with Gasteiger partial charge in [0, 0.05) is 24.9 Å².